The highest BCUT2D eigenvalue weighted by atomic mass is 19.1. The van der Waals surface area contributed by atoms with Crippen LogP contribution in [-0.4, -0.2) is 60.2 Å². The summed E-state index contributed by atoms with van der Waals surface area (Å²) in [7, 11) is 0. The van der Waals surface area contributed by atoms with Crippen LogP contribution < -0.4 is 21.0 Å². The fourth-order valence-corrected chi connectivity index (χ4v) is 4.28. The summed E-state index contributed by atoms with van der Waals surface area (Å²) >= 11 is 0. The van der Waals surface area contributed by atoms with E-state index in [4.69, 9.17) is 5.21 Å². The third kappa shape index (κ3) is 6.56. The van der Waals surface area contributed by atoms with Crippen LogP contribution in [0.2, 0.25) is 0 Å². The van der Waals surface area contributed by atoms with Gasteiger partial charge in [-0.1, -0.05) is 20.3 Å². The molecule has 1 aliphatic heterocycles. The highest BCUT2D eigenvalue weighted by Crippen LogP contribution is 2.30. The monoisotopic (exact) mass is 463 g/mol. The number of rotatable bonds is 9. The number of hydrogen-bond donors (Lipinski definition) is 4. The van der Waals surface area contributed by atoms with E-state index in [1.165, 1.54) is 17.0 Å². The maximum atomic E-state index is 13.9. The highest BCUT2D eigenvalue weighted by molar-refractivity contribution is 5.97. The molecule has 1 saturated heterocycles. The van der Waals surface area contributed by atoms with Crippen molar-refractivity contribution in [2.24, 2.45) is 11.8 Å². The van der Waals surface area contributed by atoms with Crippen LogP contribution >= 0.6 is 0 Å². The van der Waals surface area contributed by atoms with Gasteiger partial charge in [-0.15, -0.1) is 0 Å². The lowest BCUT2D eigenvalue weighted by atomic mass is 9.85. The molecule has 4 N–H and O–H groups in total. The van der Waals surface area contributed by atoms with Gasteiger partial charge in [-0.3, -0.25) is 14.8 Å². The number of nitrogens with one attached hydrogen (secondary N) is 3. The van der Waals surface area contributed by atoms with Crippen molar-refractivity contribution in [2.75, 3.05) is 36.4 Å². The first-order valence-corrected chi connectivity index (χ1v) is 11.6. The number of halogens is 1. The molecule has 1 heterocycles. The van der Waals surface area contributed by atoms with Gasteiger partial charge >= 0.3 is 6.03 Å². The van der Waals surface area contributed by atoms with Crippen LogP contribution in [0, 0.1) is 17.7 Å². The summed E-state index contributed by atoms with van der Waals surface area (Å²) in [6, 6.07) is 2.77. The zero-order chi connectivity index (χ0) is 24.0. The van der Waals surface area contributed by atoms with Crippen molar-refractivity contribution in [1.29, 1.82) is 0 Å². The topological polar surface area (TPSA) is 114 Å². The second-order valence-corrected chi connectivity index (χ2v) is 9.23. The maximum Gasteiger partial charge on any atom is 0.319 e. The number of hydrogen-bond acceptors (Lipinski definition) is 5. The minimum atomic E-state index is -0.889. The number of amides is 4. The number of nitrogens with zero attached hydrogens (tertiary/aromatic N) is 2. The summed E-state index contributed by atoms with van der Waals surface area (Å²) in [5.74, 6) is -1.50. The number of carbonyl (C=O) groups excluding carboxylic acids is 3. The second-order valence-electron chi connectivity index (χ2n) is 9.23. The fourth-order valence-electron chi connectivity index (χ4n) is 4.28. The summed E-state index contributed by atoms with van der Waals surface area (Å²) in [6.07, 6.45) is 5.10. The van der Waals surface area contributed by atoms with Crippen molar-refractivity contribution in [3.8, 4) is 0 Å². The molecule has 1 aliphatic carbocycles. The Labute approximate surface area is 193 Å². The van der Waals surface area contributed by atoms with E-state index in [9.17, 15) is 18.8 Å². The molecule has 0 spiro atoms. The van der Waals surface area contributed by atoms with Crippen molar-refractivity contribution in [2.45, 2.75) is 52.0 Å². The quantitative estimate of drug-likeness (QED) is 0.332. The van der Waals surface area contributed by atoms with Crippen LogP contribution in [-0.2, 0) is 9.59 Å². The van der Waals surface area contributed by atoms with E-state index in [0.717, 1.165) is 50.9 Å². The van der Waals surface area contributed by atoms with Gasteiger partial charge < -0.3 is 20.4 Å². The maximum absolute atomic E-state index is 13.9. The summed E-state index contributed by atoms with van der Waals surface area (Å²) in [5, 5.41) is 14.3. The van der Waals surface area contributed by atoms with Crippen LogP contribution in [0.15, 0.2) is 18.2 Å². The van der Waals surface area contributed by atoms with Crippen LogP contribution in [0.25, 0.3) is 0 Å². The van der Waals surface area contributed by atoms with Crippen LogP contribution in [0.3, 0.4) is 0 Å². The van der Waals surface area contributed by atoms with Gasteiger partial charge in [0, 0.05) is 19.6 Å². The zero-order valence-electron chi connectivity index (χ0n) is 19.3. The molecule has 3 rings (SSSR count). The van der Waals surface area contributed by atoms with Crippen LogP contribution in [0.5, 0.6) is 0 Å². The number of anilines is 2. The molecule has 0 bridgehead atoms. The van der Waals surface area contributed by atoms with Gasteiger partial charge in [0.2, 0.25) is 5.91 Å². The van der Waals surface area contributed by atoms with E-state index < -0.39 is 29.7 Å². The van der Waals surface area contributed by atoms with Crippen molar-refractivity contribution >= 4 is 29.2 Å². The van der Waals surface area contributed by atoms with Crippen molar-refractivity contribution in [1.82, 2.24) is 15.7 Å². The van der Waals surface area contributed by atoms with E-state index in [0.29, 0.717) is 18.2 Å². The molecule has 33 heavy (non-hydrogen) atoms. The molecular weight excluding hydrogens is 429 g/mol. The first kappa shape index (κ1) is 24.8. The van der Waals surface area contributed by atoms with Crippen molar-refractivity contribution in [3.63, 3.8) is 0 Å². The molecule has 1 unspecified atom stereocenters. The fraction of sp³-hybridized carbons (Fsp3) is 0.609. The predicted molar refractivity (Wildman–Crippen MR) is 122 cm³/mol. The number of benzene rings is 1. The number of carbonyl (C=O) groups is 3. The Kier molecular flexibility index (Phi) is 8.49. The van der Waals surface area contributed by atoms with Gasteiger partial charge in [0.1, 0.15) is 18.4 Å². The highest BCUT2D eigenvalue weighted by Gasteiger charge is 2.32. The Balaban J connectivity index is 1.71. The Morgan fingerprint density at radius 3 is 2.45 bits per heavy atom. The van der Waals surface area contributed by atoms with Gasteiger partial charge in [-0.25, -0.2) is 14.7 Å². The van der Waals surface area contributed by atoms with E-state index in [2.05, 4.69) is 15.5 Å². The van der Waals surface area contributed by atoms with E-state index in [1.807, 2.05) is 0 Å². The summed E-state index contributed by atoms with van der Waals surface area (Å²) < 4.78 is 13.9. The molecule has 1 saturated carbocycles. The normalized spacial score (nSPS) is 16.8. The Morgan fingerprint density at radius 1 is 1.18 bits per heavy atom. The molecular formula is C23H34FN5O4. The minimum Gasteiger partial charge on any atom is -0.370 e. The molecule has 10 heteroatoms. The zero-order valence-corrected chi connectivity index (χ0v) is 19.3. The Bertz CT molecular complexity index is 855. The second kappa shape index (κ2) is 11.3. The van der Waals surface area contributed by atoms with E-state index in [-0.39, 0.29) is 12.5 Å². The molecule has 9 nitrogen and oxygen atoms in total. The molecule has 4 amide bonds. The standard InChI is InChI=1S/C23H34FN5O4/c1-15(2)21(22(31)29(14-20(30)27-33)13-16-6-5-7-16)26-23(32)25-18-12-17(24)8-9-19(18)28-10-3-4-11-28/h8-9,12,15-16,21,33H,3-7,10-11,13-14H2,1-2H3,(H,27,30)(H2,25,26,32). The molecule has 1 aromatic rings. The molecule has 1 atom stereocenters. The molecule has 0 aromatic heterocycles. The lowest BCUT2D eigenvalue weighted by Crippen LogP contribution is -2.55. The van der Waals surface area contributed by atoms with Crippen LogP contribution in [0.1, 0.15) is 46.0 Å². The predicted octanol–water partition coefficient (Wildman–Crippen LogP) is 2.71. The SMILES string of the molecule is CC(C)C(NC(=O)Nc1cc(F)ccc1N1CCCC1)C(=O)N(CC(=O)NO)CC1CCC1. The summed E-state index contributed by atoms with van der Waals surface area (Å²) in [5.41, 5.74) is 2.65. The van der Waals surface area contributed by atoms with Crippen LogP contribution in [0.4, 0.5) is 20.6 Å². The third-order valence-electron chi connectivity index (χ3n) is 6.35. The molecule has 2 aliphatic rings. The minimum absolute atomic E-state index is 0.255. The van der Waals surface area contributed by atoms with Gasteiger partial charge in [0.05, 0.1) is 11.4 Å². The van der Waals surface area contributed by atoms with E-state index in [1.54, 1.807) is 25.4 Å². The number of hydroxylamine groups is 1. The number of urea groups is 1. The molecule has 182 valence electrons. The van der Waals surface area contributed by atoms with Gasteiger partial charge in [0.15, 0.2) is 0 Å². The average molecular weight is 464 g/mol. The van der Waals surface area contributed by atoms with Gasteiger partial charge in [0.25, 0.3) is 5.91 Å². The molecule has 2 fully saturated rings. The molecule has 0 radical (unpaired) electrons. The summed E-state index contributed by atoms with van der Waals surface area (Å²) in [6.45, 7) is 5.36. The third-order valence-corrected chi connectivity index (χ3v) is 6.35. The Hall–Kier alpha value is -2.88. The van der Waals surface area contributed by atoms with Gasteiger partial charge in [-0.05, 0) is 55.7 Å². The largest absolute Gasteiger partial charge is 0.370 e. The lowest BCUT2D eigenvalue weighted by molar-refractivity contribution is -0.142. The van der Waals surface area contributed by atoms with E-state index >= 15 is 0 Å². The smallest absolute Gasteiger partial charge is 0.319 e. The average Bonchev–Trinajstić information content (AvgIpc) is 3.27. The Morgan fingerprint density at radius 2 is 1.88 bits per heavy atom. The lowest BCUT2D eigenvalue weighted by Gasteiger charge is -2.35. The first-order valence-electron chi connectivity index (χ1n) is 11.6. The first-order chi connectivity index (χ1) is 15.8. The van der Waals surface area contributed by atoms with Crippen molar-refractivity contribution in [3.05, 3.63) is 24.0 Å². The van der Waals surface area contributed by atoms with Crippen molar-refractivity contribution < 1.29 is 24.0 Å². The van der Waals surface area contributed by atoms with Gasteiger partial charge in [-0.2, -0.15) is 0 Å². The molecule has 1 aromatic carbocycles. The summed E-state index contributed by atoms with van der Waals surface area (Å²) in [4.78, 5) is 41.4.